The first-order valence-electron chi connectivity index (χ1n) is 7.17. The number of nitrogens with one attached hydrogen (secondary N) is 1. The summed E-state index contributed by atoms with van der Waals surface area (Å²) in [5.74, 6) is 1.06. The molecule has 1 atom stereocenters. The lowest BCUT2D eigenvalue weighted by molar-refractivity contribution is 0.116. The van der Waals surface area contributed by atoms with Gasteiger partial charge in [-0.2, -0.15) is 0 Å². The largest absolute Gasteiger partial charge is 0.376 e. The summed E-state index contributed by atoms with van der Waals surface area (Å²) in [6.07, 6.45) is 4.57. The van der Waals surface area contributed by atoms with Gasteiger partial charge in [-0.05, 0) is 18.9 Å². The minimum Gasteiger partial charge on any atom is -0.376 e. The van der Waals surface area contributed by atoms with Crippen molar-refractivity contribution in [3.63, 3.8) is 0 Å². The summed E-state index contributed by atoms with van der Waals surface area (Å²) >= 11 is 0. The number of ether oxygens (including phenoxy) is 1. The molecule has 0 spiro atoms. The lowest BCUT2D eigenvalue weighted by Crippen LogP contribution is -2.31. The van der Waals surface area contributed by atoms with Crippen molar-refractivity contribution in [1.29, 1.82) is 0 Å². The number of anilines is 1. The van der Waals surface area contributed by atoms with Gasteiger partial charge in [0.2, 0.25) is 0 Å². The highest BCUT2D eigenvalue weighted by Crippen LogP contribution is 2.19. The number of nitrogens with zero attached hydrogens (tertiary/aromatic N) is 2. The second-order valence-corrected chi connectivity index (χ2v) is 5.54. The molecule has 1 aliphatic heterocycles. The molecule has 0 aliphatic carbocycles. The molecule has 106 valence electrons. The molecule has 1 N–H and O–H groups in total. The third-order valence-electron chi connectivity index (χ3n) is 3.43. The highest BCUT2D eigenvalue weighted by atomic mass is 16.5. The lowest BCUT2D eigenvalue weighted by Gasteiger charge is -2.24. The van der Waals surface area contributed by atoms with E-state index < -0.39 is 0 Å². The Hall–Kier alpha value is -1.13. The first-order chi connectivity index (χ1) is 9.16. The summed E-state index contributed by atoms with van der Waals surface area (Å²) in [5.41, 5.74) is 1.25. The van der Waals surface area contributed by atoms with Gasteiger partial charge in [-0.15, -0.1) is 0 Å². The second-order valence-electron chi connectivity index (χ2n) is 5.54. The van der Waals surface area contributed by atoms with E-state index in [1.165, 1.54) is 12.0 Å². The van der Waals surface area contributed by atoms with Crippen molar-refractivity contribution in [2.24, 2.45) is 0 Å². The van der Waals surface area contributed by atoms with Crippen LogP contribution < -0.4 is 10.2 Å². The molecule has 0 aromatic carbocycles. The minimum atomic E-state index is 0.359. The predicted molar refractivity (Wildman–Crippen MR) is 78.5 cm³/mol. The van der Waals surface area contributed by atoms with Crippen molar-refractivity contribution in [2.75, 3.05) is 25.1 Å². The highest BCUT2D eigenvalue weighted by Gasteiger charge is 2.19. The Morgan fingerprint density at radius 3 is 3.05 bits per heavy atom. The fourth-order valence-electron chi connectivity index (χ4n) is 2.41. The summed E-state index contributed by atoms with van der Waals surface area (Å²) in [5, 5.41) is 3.45. The maximum Gasteiger partial charge on any atom is 0.132 e. The molecule has 0 saturated carbocycles. The Labute approximate surface area is 116 Å². The highest BCUT2D eigenvalue weighted by molar-refractivity contribution is 5.46. The van der Waals surface area contributed by atoms with Gasteiger partial charge in [-0.25, -0.2) is 4.98 Å². The molecule has 2 heterocycles. The monoisotopic (exact) mass is 263 g/mol. The van der Waals surface area contributed by atoms with Gasteiger partial charge in [0.15, 0.2) is 0 Å². The molecule has 4 nitrogen and oxygen atoms in total. The third kappa shape index (κ3) is 4.18. The molecule has 1 saturated heterocycles. The zero-order valence-electron chi connectivity index (χ0n) is 12.2. The molecule has 0 bridgehead atoms. The number of rotatable bonds is 6. The lowest BCUT2D eigenvalue weighted by atomic mass is 10.2. The van der Waals surface area contributed by atoms with Crippen molar-refractivity contribution < 1.29 is 4.74 Å². The second kappa shape index (κ2) is 6.87. The Morgan fingerprint density at radius 2 is 2.37 bits per heavy atom. The van der Waals surface area contributed by atoms with E-state index in [4.69, 9.17) is 4.74 Å². The predicted octanol–water partition coefficient (Wildman–Crippen LogP) is 2.19. The van der Waals surface area contributed by atoms with Crippen LogP contribution in [0, 0.1) is 0 Å². The van der Waals surface area contributed by atoms with Gasteiger partial charge in [0.1, 0.15) is 5.82 Å². The molecule has 2 rings (SSSR count). The van der Waals surface area contributed by atoms with Crippen molar-refractivity contribution >= 4 is 5.82 Å². The normalized spacial score (nSPS) is 19.1. The smallest absolute Gasteiger partial charge is 0.132 e. The van der Waals surface area contributed by atoms with Crippen LogP contribution in [0.15, 0.2) is 18.3 Å². The van der Waals surface area contributed by atoms with Crippen molar-refractivity contribution in [2.45, 2.75) is 45.4 Å². The number of hydrogen-bond acceptors (Lipinski definition) is 4. The van der Waals surface area contributed by atoms with Gasteiger partial charge in [0.25, 0.3) is 0 Å². The van der Waals surface area contributed by atoms with Crippen molar-refractivity contribution in [3.8, 4) is 0 Å². The zero-order chi connectivity index (χ0) is 13.7. The van der Waals surface area contributed by atoms with Gasteiger partial charge in [-0.3, -0.25) is 0 Å². The summed E-state index contributed by atoms with van der Waals surface area (Å²) in [4.78, 5) is 6.74. The van der Waals surface area contributed by atoms with Crippen LogP contribution in [0.3, 0.4) is 0 Å². The van der Waals surface area contributed by atoms with E-state index >= 15 is 0 Å². The standard InChI is InChI=1S/C15H25N3O/c1-12(2)17-10-13-6-4-8-16-15(13)18(3)11-14-7-5-9-19-14/h4,6,8,12,14,17H,5,7,9-11H2,1-3H3. The first kappa shape index (κ1) is 14.3. The maximum atomic E-state index is 5.70. The quantitative estimate of drug-likeness (QED) is 0.854. The molecule has 1 fully saturated rings. The Balaban J connectivity index is 2.00. The van der Waals surface area contributed by atoms with Crippen LogP contribution in [0.4, 0.5) is 5.82 Å². The third-order valence-corrected chi connectivity index (χ3v) is 3.43. The van der Waals surface area contributed by atoms with Crippen LogP contribution in [0.25, 0.3) is 0 Å². The zero-order valence-corrected chi connectivity index (χ0v) is 12.2. The van der Waals surface area contributed by atoms with Crippen molar-refractivity contribution in [3.05, 3.63) is 23.9 Å². The van der Waals surface area contributed by atoms with Crippen LogP contribution >= 0.6 is 0 Å². The van der Waals surface area contributed by atoms with E-state index in [0.717, 1.165) is 31.9 Å². The molecule has 0 amide bonds. The summed E-state index contributed by atoms with van der Waals surface area (Å²) < 4.78 is 5.70. The Bertz CT molecular complexity index is 389. The Morgan fingerprint density at radius 1 is 1.53 bits per heavy atom. The fourth-order valence-corrected chi connectivity index (χ4v) is 2.41. The molecular formula is C15H25N3O. The maximum absolute atomic E-state index is 5.70. The molecule has 1 aromatic heterocycles. The summed E-state index contributed by atoms with van der Waals surface area (Å²) in [7, 11) is 2.10. The number of aromatic nitrogens is 1. The van der Waals surface area contributed by atoms with Crippen LogP contribution in [-0.2, 0) is 11.3 Å². The van der Waals surface area contributed by atoms with Gasteiger partial charge in [0.05, 0.1) is 6.10 Å². The van der Waals surface area contributed by atoms with Crippen molar-refractivity contribution in [1.82, 2.24) is 10.3 Å². The van der Waals surface area contributed by atoms with Crippen LogP contribution in [-0.4, -0.2) is 37.3 Å². The molecule has 0 radical (unpaired) electrons. The number of likely N-dealkylation sites (N-methyl/N-ethyl adjacent to an activating group) is 1. The van der Waals surface area contributed by atoms with E-state index in [1.807, 2.05) is 12.3 Å². The Kier molecular flexibility index (Phi) is 5.16. The first-order valence-corrected chi connectivity index (χ1v) is 7.17. The molecule has 1 aliphatic rings. The minimum absolute atomic E-state index is 0.359. The fraction of sp³-hybridized carbons (Fsp3) is 0.667. The molecular weight excluding hydrogens is 238 g/mol. The van der Waals surface area contributed by atoms with E-state index in [0.29, 0.717) is 12.1 Å². The molecule has 1 aromatic rings. The van der Waals surface area contributed by atoms with Gasteiger partial charge in [0, 0.05) is 44.5 Å². The SMILES string of the molecule is CC(C)NCc1cccnc1N(C)CC1CCCO1. The van der Waals surface area contributed by atoms with Gasteiger partial charge in [-0.1, -0.05) is 19.9 Å². The van der Waals surface area contributed by atoms with Crippen LogP contribution in [0.5, 0.6) is 0 Å². The van der Waals surface area contributed by atoms with E-state index in [9.17, 15) is 0 Å². The summed E-state index contributed by atoms with van der Waals surface area (Å²) in [6.45, 7) is 7.00. The van der Waals surface area contributed by atoms with E-state index in [-0.39, 0.29) is 0 Å². The molecule has 19 heavy (non-hydrogen) atoms. The van der Waals surface area contributed by atoms with E-state index in [2.05, 4.69) is 42.2 Å². The number of pyridine rings is 1. The number of hydrogen-bond donors (Lipinski definition) is 1. The average molecular weight is 263 g/mol. The molecule has 4 heteroatoms. The van der Waals surface area contributed by atoms with Gasteiger partial charge < -0.3 is 15.0 Å². The topological polar surface area (TPSA) is 37.4 Å². The molecule has 1 unspecified atom stereocenters. The summed E-state index contributed by atoms with van der Waals surface area (Å²) in [6, 6.07) is 4.63. The van der Waals surface area contributed by atoms with Crippen LogP contribution in [0.2, 0.25) is 0 Å². The van der Waals surface area contributed by atoms with E-state index in [1.54, 1.807) is 0 Å². The van der Waals surface area contributed by atoms with Gasteiger partial charge >= 0.3 is 0 Å². The average Bonchev–Trinajstić information content (AvgIpc) is 2.89. The van der Waals surface area contributed by atoms with Crippen LogP contribution in [0.1, 0.15) is 32.3 Å².